The molecule has 2 aliphatic heterocycles. The summed E-state index contributed by atoms with van der Waals surface area (Å²) in [5.41, 5.74) is 2.22. The first-order chi connectivity index (χ1) is 13.7. The van der Waals surface area contributed by atoms with Gasteiger partial charge in [0.2, 0.25) is 25.1 Å². The molecule has 2 aromatic carbocycles. The van der Waals surface area contributed by atoms with Gasteiger partial charge in [-0.15, -0.1) is 13.2 Å². The van der Waals surface area contributed by atoms with Crippen molar-refractivity contribution < 1.29 is 28.4 Å². The molecule has 0 radical (unpaired) electrons. The van der Waals surface area contributed by atoms with Crippen molar-refractivity contribution in [2.75, 3.05) is 27.8 Å². The van der Waals surface area contributed by atoms with Crippen molar-refractivity contribution in [3.05, 3.63) is 60.7 Å². The van der Waals surface area contributed by atoms with Crippen LogP contribution in [-0.2, 0) is 12.8 Å². The Balaban J connectivity index is 0.000000161. The van der Waals surface area contributed by atoms with Crippen LogP contribution in [0.5, 0.6) is 34.5 Å². The first kappa shape index (κ1) is 19.5. The first-order valence-electron chi connectivity index (χ1n) is 8.85. The van der Waals surface area contributed by atoms with E-state index >= 15 is 0 Å². The van der Waals surface area contributed by atoms with Gasteiger partial charge in [0, 0.05) is 0 Å². The molecule has 0 atom stereocenters. The van der Waals surface area contributed by atoms with Crippen LogP contribution in [0.3, 0.4) is 0 Å². The second-order valence-electron chi connectivity index (χ2n) is 6.05. The lowest BCUT2D eigenvalue weighted by Crippen LogP contribution is -1.93. The van der Waals surface area contributed by atoms with Crippen LogP contribution in [0, 0.1) is 0 Å². The molecule has 0 fully saturated rings. The average Bonchev–Trinajstić information content (AvgIpc) is 3.37. The van der Waals surface area contributed by atoms with Gasteiger partial charge in [-0.3, -0.25) is 0 Å². The molecule has 2 aromatic rings. The van der Waals surface area contributed by atoms with Crippen LogP contribution in [-0.4, -0.2) is 27.8 Å². The van der Waals surface area contributed by atoms with Crippen LogP contribution in [0.25, 0.3) is 0 Å². The van der Waals surface area contributed by atoms with E-state index in [0.29, 0.717) is 11.5 Å². The summed E-state index contributed by atoms with van der Waals surface area (Å²) in [6.07, 6.45) is 5.29. The van der Waals surface area contributed by atoms with Crippen LogP contribution >= 0.6 is 0 Å². The van der Waals surface area contributed by atoms with Crippen molar-refractivity contribution in [3.8, 4) is 34.5 Å². The van der Waals surface area contributed by atoms with E-state index in [4.69, 9.17) is 28.4 Å². The minimum absolute atomic E-state index is 0.267. The number of allylic oxidation sites excluding steroid dienone is 2. The van der Waals surface area contributed by atoms with Gasteiger partial charge >= 0.3 is 0 Å². The van der Waals surface area contributed by atoms with Crippen LogP contribution < -0.4 is 28.4 Å². The van der Waals surface area contributed by atoms with Crippen LogP contribution in [0.2, 0.25) is 0 Å². The van der Waals surface area contributed by atoms with Crippen molar-refractivity contribution in [1.82, 2.24) is 0 Å². The fourth-order valence-corrected chi connectivity index (χ4v) is 2.94. The molecule has 6 heteroatoms. The van der Waals surface area contributed by atoms with Crippen molar-refractivity contribution in [2.24, 2.45) is 0 Å². The molecule has 0 N–H and O–H groups in total. The van der Waals surface area contributed by atoms with E-state index in [1.807, 2.05) is 36.4 Å². The van der Waals surface area contributed by atoms with Crippen molar-refractivity contribution in [1.29, 1.82) is 0 Å². The summed E-state index contributed by atoms with van der Waals surface area (Å²) in [5, 5.41) is 0. The van der Waals surface area contributed by atoms with Crippen molar-refractivity contribution >= 4 is 0 Å². The first-order valence-corrected chi connectivity index (χ1v) is 8.85. The molecule has 0 amide bonds. The highest BCUT2D eigenvalue weighted by Crippen LogP contribution is 2.42. The third-order valence-electron chi connectivity index (χ3n) is 4.20. The number of methoxy groups -OCH3 is 2. The third kappa shape index (κ3) is 4.17. The van der Waals surface area contributed by atoms with Gasteiger partial charge in [0.05, 0.1) is 14.2 Å². The lowest BCUT2D eigenvalue weighted by Gasteiger charge is -2.06. The van der Waals surface area contributed by atoms with Gasteiger partial charge in [-0.05, 0) is 48.2 Å². The van der Waals surface area contributed by atoms with Gasteiger partial charge in [0.15, 0.2) is 23.0 Å². The van der Waals surface area contributed by atoms with Crippen LogP contribution in [0.4, 0.5) is 0 Å². The molecule has 2 heterocycles. The highest BCUT2D eigenvalue weighted by Gasteiger charge is 2.20. The standard InChI is InChI=1S/2C11H12O3/c2*1-3-4-8-5-9(12-2)11-10(6-8)13-7-14-11/h2*3,5-6H,1,4,7H2,2H3. The minimum atomic E-state index is 0.267. The van der Waals surface area contributed by atoms with E-state index in [1.165, 1.54) is 0 Å². The molecule has 28 heavy (non-hydrogen) atoms. The number of hydrogen-bond donors (Lipinski definition) is 0. The fraction of sp³-hybridized carbons (Fsp3) is 0.273. The number of rotatable bonds is 6. The maximum atomic E-state index is 5.29. The Labute approximate surface area is 164 Å². The Bertz CT molecular complexity index is 787. The predicted molar refractivity (Wildman–Crippen MR) is 106 cm³/mol. The molecule has 6 nitrogen and oxygen atoms in total. The summed E-state index contributed by atoms with van der Waals surface area (Å²) in [6, 6.07) is 7.78. The average molecular weight is 384 g/mol. The monoisotopic (exact) mass is 384 g/mol. The molecule has 0 bridgehead atoms. The second-order valence-corrected chi connectivity index (χ2v) is 6.05. The molecule has 0 saturated heterocycles. The van der Waals surface area contributed by atoms with Crippen LogP contribution in [0.15, 0.2) is 49.6 Å². The van der Waals surface area contributed by atoms with Gasteiger partial charge in [-0.25, -0.2) is 0 Å². The SMILES string of the molecule is C=CCc1cc(OC)c2c(c1)OCO2.C=CCc1cc(OC)c2c(c1)OCO2. The van der Waals surface area contributed by atoms with Gasteiger partial charge < -0.3 is 28.4 Å². The maximum absolute atomic E-state index is 5.29. The maximum Gasteiger partial charge on any atom is 0.231 e. The number of fused-ring (bicyclic) bond motifs is 2. The molecule has 0 spiro atoms. The molecule has 0 unspecified atom stereocenters. The summed E-state index contributed by atoms with van der Waals surface area (Å²) >= 11 is 0. The zero-order valence-electron chi connectivity index (χ0n) is 16.2. The molecule has 0 aromatic heterocycles. The molecular weight excluding hydrogens is 360 g/mol. The smallest absolute Gasteiger partial charge is 0.231 e. The molecule has 0 saturated carbocycles. The Morgan fingerprint density at radius 2 is 1.18 bits per heavy atom. The summed E-state index contributed by atoms with van der Waals surface area (Å²) in [4.78, 5) is 0. The Kier molecular flexibility index (Phi) is 6.32. The summed E-state index contributed by atoms with van der Waals surface area (Å²) in [5.74, 6) is 4.33. The van der Waals surface area contributed by atoms with Gasteiger partial charge in [-0.1, -0.05) is 12.2 Å². The topological polar surface area (TPSA) is 55.4 Å². The Morgan fingerprint density at radius 1 is 0.750 bits per heavy atom. The van der Waals surface area contributed by atoms with E-state index in [2.05, 4.69) is 13.2 Å². The van der Waals surface area contributed by atoms with Gasteiger partial charge in [0.1, 0.15) is 0 Å². The second kappa shape index (κ2) is 9.08. The summed E-state index contributed by atoms with van der Waals surface area (Å²) in [6.45, 7) is 7.92. The number of hydrogen-bond acceptors (Lipinski definition) is 6. The van der Waals surface area contributed by atoms with E-state index in [9.17, 15) is 0 Å². The molecule has 148 valence electrons. The predicted octanol–water partition coefficient (Wildman–Crippen LogP) is 4.30. The Morgan fingerprint density at radius 3 is 1.54 bits per heavy atom. The van der Waals surface area contributed by atoms with Crippen molar-refractivity contribution in [3.63, 3.8) is 0 Å². The normalized spacial score (nSPS) is 12.6. The molecular formula is C22H24O6. The number of benzene rings is 2. The highest BCUT2D eigenvalue weighted by molar-refractivity contribution is 5.56. The largest absolute Gasteiger partial charge is 0.493 e. The van der Waals surface area contributed by atoms with Crippen molar-refractivity contribution in [2.45, 2.75) is 12.8 Å². The van der Waals surface area contributed by atoms with Crippen LogP contribution in [0.1, 0.15) is 11.1 Å². The zero-order valence-corrected chi connectivity index (χ0v) is 16.2. The highest BCUT2D eigenvalue weighted by atomic mass is 16.7. The number of ether oxygens (including phenoxy) is 6. The molecule has 0 aliphatic carbocycles. The zero-order chi connectivity index (χ0) is 19.9. The molecule has 4 rings (SSSR count). The lowest BCUT2D eigenvalue weighted by molar-refractivity contribution is 0.171. The molecule has 2 aliphatic rings. The summed E-state index contributed by atoms with van der Waals surface area (Å²) < 4.78 is 31.6. The minimum Gasteiger partial charge on any atom is -0.493 e. The quantitative estimate of drug-likeness (QED) is 0.692. The fourth-order valence-electron chi connectivity index (χ4n) is 2.94. The summed E-state index contributed by atoms with van der Waals surface area (Å²) in [7, 11) is 3.24. The van der Waals surface area contributed by atoms with Gasteiger partial charge in [0.25, 0.3) is 0 Å². The van der Waals surface area contributed by atoms with E-state index in [0.717, 1.165) is 47.0 Å². The van der Waals surface area contributed by atoms with Gasteiger partial charge in [-0.2, -0.15) is 0 Å². The van der Waals surface area contributed by atoms with E-state index in [-0.39, 0.29) is 13.6 Å². The lowest BCUT2D eigenvalue weighted by atomic mass is 10.1. The van der Waals surface area contributed by atoms with E-state index < -0.39 is 0 Å². The Hall–Kier alpha value is -3.28. The van der Waals surface area contributed by atoms with E-state index in [1.54, 1.807) is 14.2 Å². The third-order valence-corrected chi connectivity index (χ3v) is 4.20.